The summed E-state index contributed by atoms with van der Waals surface area (Å²) in [5, 5.41) is 10.5. The SMILES string of the molecule is Cc1ccc(/C(=C/C=C2\C(c3ccccc3)=Nc3ccc(C)cc32)c2c(O)[nH]c(=O)[nH]c2=O)cc1. The van der Waals surface area contributed by atoms with E-state index in [1.807, 2.05) is 86.7 Å². The van der Waals surface area contributed by atoms with Gasteiger partial charge in [0.2, 0.25) is 5.88 Å². The van der Waals surface area contributed by atoms with Gasteiger partial charge < -0.3 is 5.11 Å². The summed E-state index contributed by atoms with van der Waals surface area (Å²) in [5.41, 5.74) is 6.48. The molecule has 0 fully saturated rings. The highest BCUT2D eigenvalue weighted by Crippen LogP contribution is 2.38. The van der Waals surface area contributed by atoms with Crippen LogP contribution in [0.5, 0.6) is 5.88 Å². The van der Waals surface area contributed by atoms with Gasteiger partial charge in [-0.05, 0) is 37.1 Å². The quantitative estimate of drug-likeness (QED) is 0.397. The summed E-state index contributed by atoms with van der Waals surface area (Å²) in [7, 11) is 0. The molecule has 0 atom stereocenters. The summed E-state index contributed by atoms with van der Waals surface area (Å²) in [6.07, 6.45) is 3.70. The number of aromatic nitrogens is 2. The Morgan fingerprint density at radius 3 is 2.31 bits per heavy atom. The topological polar surface area (TPSA) is 98.3 Å². The van der Waals surface area contributed by atoms with Crippen LogP contribution in [0.4, 0.5) is 5.69 Å². The van der Waals surface area contributed by atoms with Crippen molar-refractivity contribution in [3.63, 3.8) is 0 Å². The average molecular weight is 462 g/mol. The lowest BCUT2D eigenvalue weighted by Gasteiger charge is -2.10. The zero-order chi connectivity index (χ0) is 24.5. The van der Waals surface area contributed by atoms with Crippen LogP contribution in [0.2, 0.25) is 0 Å². The minimum absolute atomic E-state index is 0.00837. The average Bonchev–Trinajstić information content (AvgIpc) is 3.19. The molecule has 1 aliphatic heterocycles. The lowest BCUT2D eigenvalue weighted by molar-refractivity contribution is 0.446. The van der Waals surface area contributed by atoms with Crippen LogP contribution >= 0.6 is 0 Å². The van der Waals surface area contributed by atoms with E-state index in [9.17, 15) is 14.7 Å². The van der Waals surface area contributed by atoms with Crippen LogP contribution in [0.3, 0.4) is 0 Å². The second kappa shape index (κ2) is 8.91. The normalized spacial score (nSPS) is 14.2. The molecule has 0 aliphatic carbocycles. The third kappa shape index (κ3) is 4.29. The number of fused-ring (bicyclic) bond motifs is 1. The highest BCUT2D eigenvalue weighted by atomic mass is 16.3. The molecule has 1 aliphatic rings. The summed E-state index contributed by atoms with van der Waals surface area (Å²) in [5.74, 6) is -0.483. The van der Waals surface area contributed by atoms with Crippen molar-refractivity contribution in [3.8, 4) is 5.88 Å². The van der Waals surface area contributed by atoms with Crippen molar-refractivity contribution in [3.05, 3.63) is 139 Å². The van der Waals surface area contributed by atoms with Gasteiger partial charge in [-0.3, -0.25) is 14.8 Å². The highest BCUT2D eigenvalue weighted by Gasteiger charge is 2.22. The number of benzene rings is 3. The third-order valence-corrected chi connectivity index (χ3v) is 5.95. The number of nitrogens with zero attached hydrogens (tertiary/aromatic N) is 1. The standard InChI is InChI=1S/C29H23N3O3/c1-17-8-11-19(12-9-17)21(25-27(33)31-29(35)32-28(25)34)13-14-22-23-16-18(2)10-15-24(23)30-26(22)20-6-4-3-5-7-20/h3-16H,1-2H3,(H3,31,32,33,34,35)/b21-13-,22-14-. The zero-order valence-corrected chi connectivity index (χ0v) is 19.3. The Morgan fingerprint density at radius 2 is 1.60 bits per heavy atom. The van der Waals surface area contributed by atoms with Crippen LogP contribution in [0.1, 0.15) is 33.4 Å². The molecular formula is C29H23N3O3. The number of aromatic hydroxyl groups is 1. The maximum absolute atomic E-state index is 12.7. The second-order valence-electron chi connectivity index (χ2n) is 8.51. The van der Waals surface area contributed by atoms with Gasteiger partial charge in [-0.1, -0.05) is 83.9 Å². The van der Waals surface area contributed by atoms with Gasteiger partial charge in [0.15, 0.2) is 0 Å². The molecule has 35 heavy (non-hydrogen) atoms. The van der Waals surface area contributed by atoms with Crippen molar-refractivity contribution < 1.29 is 5.11 Å². The van der Waals surface area contributed by atoms with Gasteiger partial charge in [0.25, 0.3) is 5.56 Å². The van der Waals surface area contributed by atoms with Gasteiger partial charge >= 0.3 is 5.69 Å². The number of aromatic amines is 2. The van der Waals surface area contributed by atoms with Crippen molar-refractivity contribution in [2.24, 2.45) is 4.99 Å². The summed E-state index contributed by atoms with van der Waals surface area (Å²) >= 11 is 0. The Bertz CT molecular complexity index is 1640. The number of hydrogen-bond donors (Lipinski definition) is 3. The molecule has 2 heterocycles. The molecule has 6 nitrogen and oxygen atoms in total. The van der Waals surface area contributed by atoms with Gasteiger partial charge in [0.05, 0.1) is 11.4 Å². The molecule has 4 aromatic rings. The van der Waals surface area contributed by atoms with E-state index in [1.54, 1.807) is 6.08 Å². The smallest absolute Gasteiger partial charge is 0.328 e. The molecule has 172 valence electrons. The van der Waals surface area contributed by atoms with E-state index < -0.39 is 17.1 Å². The van der Waals surface area contributed by atoms with Crippen molar-refractivity contribution >= 4 is 22.5 Å². The van der Waals surface area contributed by atoms with Crippen LogP contribution in [0.15, 0.2) is 99.5 Å². The molecule has 0 spiro atoms. The van der Waals surface area contributed by atoms with Crippen LogP contribution in [-0.4, -0.2) is 20.8 Å². The molecule has 0 saturated carbocycles. The Kier molecular flexibility index (Phi) is 5.63. The first-order chi connectivity index (χ1) is 16.9. The Balaban J connectivity index is 1.75. The maximum Gasteiger partial charge on any atom is 0.328 e. The van der Waals surface area contributed by atoms with E-state index in [1.165, 1.54) is 0 Å². The summed E-state index contributed by atoms with van der Waals surface area (Å²) in [6.45, 7) is 4.00. The summed E-state index contributed by atoms with van der Waals surface area (Å²) in [6, 6.07) is 23.6. The fourth-order valence-electron chi connectivity index (χ4n) is 4.20. The number of aliphatic imine (C=N–C) groups is 1. The highest BCUT2D eigenvalue weighted by molar-refractivity contribution is 6.36. The summed E-state index contributed by atoms with van der Waals surface area (Å²) in [4.78, 5) is 33.8. The molecule has 0 bridgehead atoms. The van der Waals surface area contributed by atoms with E-state index >= 15 is 0 Å². The van der Waals surface area contributed by atoms with Gasteiger partial charge in [0.1, 0.15) is 5.56 Å². The van der Waals surface area contributed by atoms with Gasteiger partial charge in [-0.2, -0.15) is 0 Å². The summed E-state index contributed by atoms with van der Waals surface area (Å²) < 4.78 is 0. The molecule has 5 rings (SSSR count). The number of aryl methyl sites for hydroxylation is 2. The van der Waals surface area contributed by atoms with E-state index in [0.717, 1.165) is 44.8 Å². The molecule has 6 heteroatoms. The first-order valence-corrected chi connectivity index (χ1v) is 11.2. The first-order valence-electron chi connectivity index (χ1n) is 11.2. The largest absolute Gasteiger partial charge is 0.494 e. The van der Waals surface area contributed by atoms with Gasteiger partial charge in [-0.15, -0.1) is 0 Å². The Labute approximate surface area is 201 Å². The van der Waals surface area contributed by atoms with Crippen LogP contribution < -0.4 is 11.2 Å². The number of nitrogens with one attached hydrogen (secondary N) is 2. The zero-order valence-electron chi connectivity index (χ0n) is 19.3. The van der Waals surface area contributed by atoms with Crippen LogP contribution in [0.25, 0.3) is 11.1 Å². The minimum Gasteiger partial charge on any atom is -0.494 e. The van der Waals surface area contributed by atoms with Crippen molar-refractivity contribution in [2.45, 2.75) is 13.8 Å². The number of H-pyrrole nitrogens is 2. The van der Waals surface area contributed by atoms with Gasteiger partial charge in [-0.25, -0.2) is 9.79 Å². The second-order valence-corrected chi connectivity index (χ2v) is 8.51. The monoisotopic (exact) mass is 461 g/mol. The molecule has 3 aromatic carbocycles. The maximum atomic E-state index is 12.7. The van der Waals surface area contributed by atoms with Crippen LogP contribution in [0, 0.1) is 13.8 Å². The fraction of sp³-hybridized carbons (Fsp3) is 0.0690. The number of rotatable bonds is 4. The predicted molar refractivity (Wildman–Crippen MR) is 139 cm³/mol. The molecular weight excluding hydrogens is 438 g/mol. The van der Waals surface area contributed by atoms with E-state index in [2.05, 4.69) is 16.0 Å². The molecule has 0 unspecified atom stereocenters. The van der Waals surface area contributed by atoms with Crippen LogP contribution in [-0.2, 0) is 0 Å². The number of hydrogen-bond acceptors (Lipinski definition) is 4. The third-order valence-electron chi connectivity index (χ3n) is 5.95. The molecule has 0 amide bonds. The van der Waals surface area contributed by atoms with E-state index in [0.29, 0.717) is 5.57 Å². The van der Waals surface area contributed by atoms with E-state index in [4.69, 9.17) is 4.99 Å². The van der Waals surface area contributed by atoms with Crippen molar-refractivity contribution in [1.29, 1.82) is 0 Å². The molecule has 3 N–H and O–H groups in total. The first kappa shape index (κ1) is 22.1. The predicted octanol–water partition coefficient (Wildman–Crippen LogP) is 5.04. The minimum atomic E-state index is -0.767. The van der Waals surface area contributed by atoms with Gasteiger partial charge in [0, 0.05) is 16.7 Å². The molecule has 1 aromatic heterocycles. The van der Waals surface area contributed by atoms with Crippen molar-refractivity contribution in [2.75, 3.05) is 0 Å². The fourth-order valence-corrected chi connectivity index (χ4v) is 4.20. The molecule has 0 saturated heterocycles. The molecule has 0 radical (unpaired) electrons. The Morgan fingerprint density at radius 1 is 0.886 bits per heavy atom. The Hall–Kier alpha value is -4.71. The lowest BCUT2D eigenvalue weighted by atomic mass is 9.94. The van der Waals surface area contributed by atoms with E-state index in [-0.39, 0.29) is 5.56 Å². The number of allylic oxidation sites excluding steroid dienone is 3. The van der Waals surface area contributed by atoms with Crippen molar-refractivity contribution in [1.82, 2.24) is 9.97 Å². The lowest BCUT2D eigenvalue weighted by Crippen LogP contribution is -2.24.